The summed E-state index contributed by atoms with van der Waals surface area (Å²) in [6.45, 7) is 3.10. The molecule has 2 rings (SSSR count). The van der Waals surface area contributed by atoms with Crippen molar-refractivity contribution in [2.45, 2.75) is 24.7 Å². The van der Waals surface area contributed by atoms with Gasteiger partial charge in [-0.25, -0.2) is 0 Å². The molecule has 1 fully saturated rings. The van der Waals surface area contributed by atoms with Gasteiger partial charge in [-0.1, -0.05) is 23.7 Å². The van der Waals surface area contributed by atoms with Crippen LogP contribution in [-0.2, 0) is 10.5 Å². The highest BCUT2D eigenvalue weighted by molar-refractivity contribution is 7.99. The minimum absolute atomic E-state index is 0.0283. The Morgan fingerprint density at radius 1 is 1.32 bits per heavy atom. The SMILES string of the molecule is O=C(CSCc1ccc(Cl)cc1)NCC(O)CN1CCCC1. The summed E-state index contributed by atoms with van der Waals surface area (Å²) in [6, 6.07) is 7.64. The minimum atomic E-state index is -0.483. The van der Waals surface area contributed by atoms with Gasteiger partial charge in [0, 0.05) is 23.9 Å². The first-order valence-electron chi connectivity index (χ1n) is 7.63. The van der Waals surface area contributed by atoms with E-state index < -0.39 is 6.10 Å². The van der Waals surface area contributed by atoms with Crippen molar-refractivity contribution in [2.75, 3.05) is 31.9 Å². The van der Waals surface area contributed by atoms with Crippen LogP contribution in [0.2, 0.25) is 5.02 Å². The summed E-state index contributed by atoms with van der Waals surface area (Å²) < 4.78 is 0. The van der Waals surface area contributed by atoms with Gasteiger partial charge in [0.05, 0.1) is 11.9 Å². The molecule has 6 heteroatoms. The predicted molar refractivity (Wildman–Crippen MR) is 92.3 cm³/mol. The Kier molecular flexibility index (Phi) is 7.52. The molecular weight excluding hydrogens is 320 g/mol. The second-order valence-corrected chi connectivity index (χ2v) is 7.01. The van der Waals surface area contributed by atoms with Gasteiger partial charge in [0.15, 0.2) is 0 Å². The van der Waals surface area contributed by atoms with Crippen molar-refractivity contribution in [1.82, 2.24) is 10.2 Å². The molecule has 0 bridgehead atoms. The Hall–Kier alpha value is -0.750. The number of likely N-dealkylation sites (tertiary alicyclic amines) is 1. The third-order valence-corrected chi connectivity index (χ3v) is 4.87. The standard InChI is InChI=1S/C16H23ClN2O2S/c17-14-5-3-13(4-6-14)11-22-12-16(21)18-9-15(20)10-19-7-1-2-8-19/h3-6,15,20H,1-2,7-12H2,(H,18,21). The summed E-state index contributed by atoms with van der Waals surface area (Å²) in [4.78, 5) is 14.0. The molecule has 1 saturated heterocycles. The van der Waals surface area contributed by atoms with Crippen molar-refractivity contribution in [3.05, 3.63) is 34.9 Å². The van der Waals surface area contributed by atoms with Crippen LogP contribution in [0.15, 0.2) is 24.3 Å². The number of hydrogen-bond donors (Lipinski definition) is 2. The van der Waals surface area contributed by atoms with Crippen LogP contribution in [0.3, 0.4) is 0 Å². The van der Waals surface area contributed by atoms with Gasteiger partial charge in [-0.3, -0.25) is 4.79 Å². The van der Waals surface area contributed by atoms with E-state index in [4.69, 9.17) is 11.6 Å². The van der Waals surface area contributed by atoms with E-state index in [1.807, 2.05) is 24.3 Å². The summed E-state index contributed by atoms with van der Waals surface area (Å²) in [5.41, 5.74) is 1.15. The fourth-order valence-corrected chi connectivity index (χ4v) is 3.40. The monoisotopic (exact) mass is 342 g/mol. The van der Waals surface area contributed by atoms with E-state index in [1.165, 1.54) is 12.8 Å². The number of carbonyl (C=O) groups excluding carboxylic acids is 1. The highest BCUT2D eigenvalue weighted by Crippen LogP contribution is 2.15. The first kappa shape index (κ1) is 17.6. The summed E-state index contributed by atoms with van der Waals surface area (Å²) in [7, 11) is 0. The Balaban J connectivity index is 1.56. The lowest BCUT2D eigenvalue weighted by atomic mass is 10.2. The van der Waals surface area contributed by atoms with E-state index in [1.54, 1.807) is 11.8 Å². The van der Waals surface area contributed by atoms with E-state index in [9.17, 15) is 9.90 Å². The smallest absolute Gasteiger partial charge is 0.230 e. The van der Waals surface area contributed by atoms with Crippen molar-refractivity contribution in [2.24, 2.45) is 0 Å². The molecule has 2 N–H and O–H groups in total. The fourth-order valence-electron chi connectivity index (χ4n) is 2.45. The zero-order chi connectivity index (χ0) is 15.8. The summed E-state index contributed by atoms with van der Waals surface area (Å²) >= 11 is 7.39. The molecule has 0 spiro atoms. The third-order valence-electron chi connectivity index (χ3n) is 3.62. The number of carbonyl (C=O) groups is 1. The van der Waals surface area contributed by atoms with Gasteiger partial charge >= 0.3 is 0 Å². The molecule has 1 heterocycles. The molecule has 1 unspecified atom stereocenters. The minimum Gasteiger partial charge on any atom is -0.390 e. The first-order chi connectivity index (χ1) is 10.6. The highest BCUT2D eigenvalue weighted by atomic mass is 35.5. The Bertz CT molecular complexity index is 464. The van der Waals surface area contributed by atoms with Crippen LogP contribution >= 0.6 is 23.4 Å². The maximum atomic E-state index is 11.8. The van der Waals surface area contributed by atoms with Crippen LogP contribution in [0.4, 0.5) is 0 Å². The van der Waals surface area contributed by atoms with Crippen LogP contribution in [0.25, 0.3) is 0 Å². The van der Waals surface area contributed by atoms with Crippen molar-refractivity contribution in [3.8, 4) is 0 Å². The van der Waals surface area contributed by atoms with Crippen LogP contribution in [0.1, 0.15) is 18.4 Å². The molecular formula is C16H23ClN2O2S. The fraction of sp³-hybridized carbons (Fsp3) is 0.562. The van der Waals surface area contributed by atoms with Crippen LogP contribution < -0.4 is 5.32 Å². The topological polar surface area (TPSA) is 52.6 Å². The van der Waals surface area contributed by atoms with Crippen LogP contribution in [0.5, 0.6) is 0 Å². The van der Waals surface area contributed by atoms with E-state index in [-0.39, 0.29) is 5.91 Å². The lowest BCUT2D eigenvalue weighted by Crippen LogP contribution is -2.39. The molecule has 1 atom stereocenters. The number of aliphatic hydroxyl groups excluding tert-OH is 1. The molecule has 122 valence electrons. The Morgan fingerprint density at radius 2 is 2.00 bits per heavy atom. The molecule has 0 saturated carbocycles. The van der Waals surface area contributed by atoms with Crippen LogP contribution in [-0.4, -0.2) is 53.9 Å². The van der Waals surface area contributed by atoms with Crippen molar-refractivity contribution in [1.29, 1.82) is 0 Å². The number of nitrogens with zero attached hydrogens (tertiary/aromatic N) is 1. The lowest BCUT2D eigenvalue weighted by molar-refractivity contribution is -0.119. The van der Waals surface area contributed by atoms with Crippen LogP contribution in [0, 0.1) is 0 Å². The van der Waals surface area contributed by atoms with E-state index in [2.05, 4.69) is 10.2 Å². The number of halogens is 1. The quantitative estimate of drug-likeness (QED) is 0.760. The molecule has 1 aliphatic heterocycles. The second kappa shape index (κ2) is 9.40. The third kappa shape index (κ3) is 6.57. The zero-order valence-corrected chi connectivity index (χ0v) is 14.2. The molecule has 1 amide bonds. The maximum absolute atomic E-state index is 11.8. The van der Waals surface area contributed by atoms with Gasteiger partial charge < -0.3 is 15.3 Å². The average Bonchev–Trinajstić information content (AvgIpc) is 3.00. The van der Waals surface area contributed by atoms with E-state index in [0.717, 1.165) is 29.4 Å². The van der Waals surface area contributed by atoms with Crippen molar-refractivity contribution < 1.29 is 9.90 Å². The molecule has 22 heavy (non-hydrogen) atoms. The average molecular weight is 343 g/mol. The van der Waals surface area contributed by atoms with Gasteiger partial charge in [-0.15, -0.1) is 11.8 Å². The number of amides is 1. The van der Waals surface area contributed by atoms with Gasteiger partial charge in [0.2, 0.25) is 5.91 Å². The summed E-state index contributed by atoms with van der Waals surface area (Å²) in [6.07, 6.45) is 1.93. The Morgan fingerprint density at radius 3 is 2.68 bits per heavy atom. The number of nitrogens with one attached hydrogen (secondary N) is 1. The largest absolute Gasteiger partial charge is 0.390 e. The molecule has 0 radical (unpaired) electrons. The van der Waals surface area contributed by atoms with E-state index >= 15 is 0 Å². The summed E-state index contributed by atoms with van der Waals surface area (Å²) in [5.74, 6) is 1.15. The predicted octanol–water partition coefficient (Wildman–Crippen LogP) is 2.15. The zero-order valence-electron chi connectivity index (χ0n) is 12.6. The van der Waals surface area contributed by atoms with Gasteiger partial charge in [-0.2, -0.15) is 0 Å². The number of β-amino-alcohol motifs (C(OH)–C–C–N with tert-alkyl or cyclic N) is 1. The van der Waals surface area contributed by atoms with Gasteiger partial charge in [0.1, 0.15) is 0 Å². The second-order valence-electron chi connectivity index (χ2n) is 5.58. The molecule has 1 aromatic rings. The van der Waals surface area contributed by atoms with Gasteiger partial charge in [-0.05, 0) is 43.6 Å². The highest BCUT2D eigenvalue weighted by Gasteiger charge is 2.16. The number of benzene rings is 1. The van der Waals surface area contributed by atoms with Crippen molar-refractivity contribution in [3.63, 3.8) is 0 Å². The molecule has 0 aliphatic carbocycles. The Labute approximate surface area is 141 Å². The van der Waals surface area contributed by atoms with Crippen molar-refractivity contribution >= 4 is 29.3 Å². The van der Waals surface area contributed by atoms with E-state index in [0.29, 0.717) is 18.8 Å². The molecule has 1 aliphatic rings. The number of rotatable bonds is 8. The molecule has 4 nitrogen and oxygen atoms in total. The first-order valence-corrected chi connectivity index (χ1v) is 9.16. The normalized spacial score (nSPS) is 16.6. The molecule has 0 aromatic heterocycles. The summed E-state index contributed by atoms with van der Waals surface area (Å²) in [5, 5.41) is 13.4. The number of thioether (sulfide) groups is 1. The number of aliphatic hydroxyl groups is 1. The maximum Gasteiger partial charge on any atom is 0.230 e. The van der Waals surface area contributed by atoms with Gasteiger partial charge in [0.25, 0.3) is 0 Å². The lowest BCUT2D eigenvalue weighted by Gasteiger charge is -2.19. The number of hydrogen-bond acceptors (Lipinski definition) is 4. The molecule has 1 aromatic carbocycles.